The number of methoxy groups -OCH3 is 1. The van der Waals surface area contributed by atoms with Crippen LogP contribution in [0.1, 0.15) is 19.5 Å². The maximum Gasteiger partial charge on any atom is 0.240 e. The highest BCUT2D eigenvalue weighted by molar-refractivity contribution is 7.99. The number of nitrogens with zero attached hydrogens (tertiary/aromatic N) is 2. The number of aliphatic hydroxyl groups is 1. The fraction of sp³-hybridized carbons (Fsp3) is 0.389. The molecule has 2 rings (SSSR count). The van der Waals surface area contributed by atoms with Gasteiger partial charge in [0, 0.05) is 6.04 Å². The van der Waals surface area contributed by atoms with Gasteiger partial charge in [0.2, 0.25) is 11.8 Å². The summed E-state index contributed by atoms with van der Waals surface area (Å²) in [7, 11) is 1.54. The Balaban J connectivity index is 2.01. The van der Waals surface area contributed by atoms with Crippen LogP contribution in [0.25, 0.3) is 0 Å². The van der Waals surface area contributed by atoms with E-state index in [0.717, 1.165) is 0 Å². The third-order valence-corrected chi connectivity index (χ3v) is 4.52. The number of para-hydroxylation sites is 2. The Morgan fingerprint density at radius 3 is 2.70 bits per heavy atom. The van der Waals surface area contributed by atoms with E-state index in [9.17, 15) is 14.7 Å². The van der Waals surface area contributed by atoms with Crippen LogP contribution in [-0.2, 0) is 22.7 Å². The van der Waals surface area contributed by atoms with Crippen LogP contribution in [-0.4, -0.2) is 45.4 Å². The molecular formula is C18H24N4O4S. The van der Waals surface area contributed by atoms with E-state index in [1.165, 1.54) is 25.1 Å². The maximum atomic E-state index is 12.3. The van der Waals surface area contributed by atoms with Crippen LogP contribution in [0.5, 0.6) is 5.75 Å². The van der Waals surface area contributed by atoms with Gasteiger partial charge < -0.3 is 25.0 Å². The number of carbonyl (C=O) groups is 2. The SMILES string of the molecule is COc1ccccc1NC(=O)CSc1ncc(CO)n1CC(=O)NC(C)C. The third kappa shape index (κ3) is 6.00. The second-order valence-corrected chi connectivity index (χ2v) is 6.98. The Morgan fingerprint density at radius 2 is 2.04 bits per heavy atom. The van der Waals surface area contributed by atoms with Crippen molar-refractivity contribution >= 4 is 29.3 Å². The van der Waals surface area contributed by atoms with Gasteiger partial charge in [-0.3, -0.25) is 9.59 Å². The first-order valence-corrected chi connectivity index (χ1v) is 9.43. The average Bonchev–Trinajstić information content (AvgIpc) is 3.01. The molecule has 27 heavy (non-hydrogen) atoms. The number of imidazole rings is 1. The van der Waals surface area contributed by atoms with Crippen molar-refractivity contribution in [1.29, 1.82) is 0 Å². The number of benzene rings is 1. The zero-order valence-corrected chi connectivity index (χ0v) is 16.4. The van der Waals surface area contributed by atoms with Gasteiger partial charge in [-0.15, -0.1) is 0 Å². The molecule has 0 saturated heterocycles. The lowest BCUT2D eigenvalue weighted by molar-refractivity contribution is -0.122. The van der Waals surface area contributed by atoms with Crippen molar-refractivity contribution in [2.75, 3.05) is 18.2 Å². The van der Waals surface area contributed by atoms with Crippen molar-refractivity contribution < 1.29 is 19.4 Å². The van der Waals surface area contributed by atoms with Crippen molar-refractivity contribution in [3.05, 3.63) is 36.2 Å². The molecule has 3 N–H and O–H groups in total. The number of anilines is 1. The summed E-state index contributed by atoms with van der Waals surface area (Å²) in [5.74, 6) is 0.269. The summed E-state index contributed by atoms with van der Waals surface area (Å²) in [5.41, 5.74) is 1.10. The molecule has 2 amide bonds. The normalized spacial score (nSPS) is 10.7. The van der Waals surface area contributed by atoms with Crippen molar-refractivity contribution in [3.63, 3.8) is 0 Å². The summed E-state index contributed by atoms with van der Waals surface area (Å²) in [6, 6.07) is 7.15. The predicted molar refractivity (Wildman–Crippen MR) is 104 cm³/mol. The van der Waals surface area contributed by atoms with E-state index in [0.29, 0.717) is 22.3 Å². The predicted octanol–water partition coefficient (Wildman–Crippen LogP) is 1.64. The summed E-state index contributed by atoms with van der Waals surface area (Å²) >= 11 is 1.19. The van der Waals surface area contributed by atoms with Gasteiger partial charge in [-0.2, -0.15) is 0 Å². The topological polar surface area (TPSA) is 105 Å². The number of hydrogen-bond acceptors (Lipinski definition) is 6. The first-order chi connectivity index (χ1) is 12.9. The Kier molecular flexibility index (Phi) is 7.68. The molecule has 9 heteroatoms. The van der Waals surface area contributed by atoms with E-state index < -0.39 is 0 Å². The molecule has 8 nitrogen and oxygen atoms in total. The average molecular weight is 392 g/mol. The maximum absolute atomic E-state index is 12.3. The van der Waals surface area contributed by atoms with Gasteiger partial charge in [0.05, 0.1) is 37.0 Å². The van der Waals surface area contributed by atoms with Crippen LogP contribution in [0.4, 0.5) is 5.69 Å². The molecule has 0 spiro atoms. The summed E-state index contributed by atoms with van der Waals surface area (Å²) in [6.07, 6.45) is 1.50. The smallest absolute Gasteiger partial charge is 0.240 e. The van der Waals surface area contributed by atoms with E-state index in [1.807, 2.05) is 19.9 Å². The van der Waals surface area contributed by atoms with E-state index in [1.54, 1.807) is 22.8 Å². The van der Waals surface area contributed by atoms with Crippen molar-refractivity contribution in [2.45, 2.75) is 38.2 Å². The number of carbonyl (C=O) groups excluding carboxylic acids is 2. The van der Waals surface area contributed by atoms with Crippen molar-refractivity contribution in [3.8, 4) is 5.75 Å². The van der Waals surface area contributed by atoms with Crippen molar-refractivity contribution in [2.24, 2.45) is 0 Å². The highest BCUT2D eigenvalue weighted by Crippen LogP contribution is 2.24. The first kappa shape index (κ1) is 20.8. The molecule has 2 aromatic rings. The lowest BCUT2D eigenvalue weighted by atomic mass is 10.3. The molecule has 0 unspecified atom stereocenters. The molecule has 0 aliphatic rings. The van der Waals surface area contributed by atoms with Crippen LogP contribution in [0.15, 0.2) is 35.6 Å². The standard InChI is InChI=1S/C18H24N4O4S/c1-12(2)20-16(24)9-22-13(10-23)8-19-18(22)27-11-17(25)21-14-6-4-5-7-15(14)26-3/h4-8,12,23H,9-11H2,1-3H3,(H,20,24)(H,21,25). The highest BCUT2D eigenvalue weighted by Gasteiger charge is 2.16. The minimum Gasteiger partial charge on any atom is -0.495 e. The largest absolute Gasteiger partial charge is 0.495 e. The Morgan fingerprint density at radius 1 is 1.30 bits per heavy atom. The molecule has 146 valence electrons. The van der Waals surface area contributed by atoms with Crippen molar-refractivity contribution in [1.82, 2.24) is 14.9 Å². The van der Waals surface area contributed by atoms with Crippen LogP contribution in [0, 0.1) is 0 Å². The van der Waals surface area contributed by atoms with E-state index >= 15 is 0 Å². The van der Waals surface area contributed by atoms with Gasteiger partial charge in [-0.1, -0.05) is 23.9 Å². The van der Waals surface area contributed by atoms with E-state index in [2.05, 4.69) is 15.6 Å². The minimum absolute atomic E-state index is 0.0151. The molecule has 0 aliphatic heterocycles. The van der Waals surface area contributed by atoms with Crippen LogP contribution in [0.3, 0.4) is 0 Å². The van der Waals surface area contributed by atoms with Crippen LogP contribution >= 0.6 is 11.8 Å². The minimum atomic E-state index is -0.240. The monoisotopic (exact) mass is 392 g/mol. The Hall–Kier alpha value is -2.52. The molecule has 0 bridgehead atoms. The number of aromatic nitrogens is 2. The number of ether oxygens (including phenoxy) is 1. The van der Waals surface area contributed by atoms with E-state index in [4.69, 9.17) is 4.74 Å². The Labute approximate surface area is 162 Å². The first-order valence-electron chi connectivity index (χ1n) is 8.44. The number of nitrogens with one attached hydrogen (secondary N) is 2. The summed E-state index contributed by atoms with van der Waals surface area (Å²) < 4.78 is 6.82. The lowest BCUT2D eigenvalue weighted by Crippen LogP contribution is -2.33. The van der Waals surface area contributed by atoms with Crippen LogP contribution < -0.4 is 15.4 Å². The molecule has 0 fully saturated rings. The lowest BCUT2D eigenvalue weighted by Gasteiger charge is -2.13. The zero-order valence-electron chi connectivity index (χ0n) is 15.6. The number of rotatable bonds is 9. The fourth-order valence-corrected chi connectivity index (χ4v) is 3.18. The second-order valence-electron chi connectivity index (χ2n) is 6.04. The second kappa shape index (κ2) is 9.98. The van der Waals surface area contributed by atoms with Gasteiger partial charge in [0.1, 0.15) is 12.3 Å². The molecule has 1 heterocycles. The summed E-state index contributed by atoms with van der Waals surface area (Å²) in [4.78, 5) is 28.5. The highest BCUT2D eigenvalue weighted by atomic mass is 32.2. The number of thioether (sulfide) groups is 1. The molecule has 0 saturated carbocycles. The quantitative estimate of drug-likeness (QED) is 0.560. The van der Waals surface area contributed by atoms with Gasteiger partial charge in [-0.05, 0) is 26.0 Å². The van der Waals surface area contributed by atoms with Gasteiger partial charge in [0.25, 0.3) is 0 Å². The molecule has 1 aromatic carbocycles. The third-order valence-electron chi connectivity index (χ3n) is 3.53. The van der Waals surface area contributed by atoms with Gasteiger partial charge >= 0.3 is 0 Å². The Bertz CT molecular complexity index is 791. The fourth-order valence-electron chi connectivity index (χ4n) is 2.38. The summed E-state index contributed by atoms with van der Waals surface area (Å²) in [5, 5.41) is 15.5. The molecule has 0 radical (unpaired) electrons. The molecular weight excluding hydrogens is 368 g/mol. The molecule has 1 aromatic heterocycles. The van der Waals surface area contributed by atoms with Crippen LogP contribution in [0.2, 0.25) is 0 Å². The number of hydrogen-bond donors (Lipinski definition) is 3. The summed E-state index contributed by atoms with van der Waals surface area (Å²) in [6.45, 7) is 3.54. The molecule has 0 aliphatic carbocycles. The zero-order chi connectivity index (χ0) is 19.8. The number of aliphatic hydroxyl groups excluding tert-OH is 1. The molecule has 0 atom stereocenters. The van der Waals surface area contributed by atoms with E-state index in [-0.39, 0.29) is 36.8 Å². The van der Waals surface area contributed by atoms with Gasteiger partial charge in [0.15, 0.2) is 5.16 Å². The number of amides is 2. The van der Waals surface area contributed by atoms with Gasteiger partial charge in [-0.25, -0.2) is 4.98 Å².